The maximum absolute atomic E-state index is 12.4. The van der Waals surface area contributed by atoms with Gasteiger partial charge in [-0.25, -0.2) is 0 Å². The Balaban J connectivity index is 1.73. The molecule has 0 aromatic rings. The number of Topliss-reactive ketones (excluding diaryl/α,β-unsaturated/α-hetero) is 1. The van der Waals surface area contributed by atoms with Gasteiger partial charge in [0.05, 0.1) is 6.61 Å². The van der Waals surface area contributed by atoms with Crippen LogP contribution in [-0.2, 0) is 4.79 Å². The summed E-state index contributed by atoms with van der Waals surface area (Å²) in [6.07, 6.45) is 9.88. The number of nitrogens with one attached hydrogen (secondary N) is 1. The van der Waals surface area contributed by atoms with Gasteiger partial charge in [-0.1, -0.05) is 12.5 Å². The van der Waals surface area contributed by atoms with Gasteiger partial charge in [0.1, 0.15) is 5.78 Å². The molecule has 0 heterocycles. The van der Waals surface area contributed by atoms with Crippen molar-refractivity contribution in [1.82, 2.24) is 0 Å². The summed E-state index contributed by atoms with van der Waals surface area (Å²) in [4.78, 5) is 12.4. The van der Waals surface area contributed by atoms with Gasteiger partial charge in [-0.05, 0) is 68.8 Å². The molecule has 5 atom stereocenters. The molecule has 120 valence electrons. The molecular weight excluding hydrogens is 274 g/mol. The van der Waals surface area contributed by atoms with Gasteiger partial charge >= 0.3 is 0 Å². The maximum Gasteiger partial charge on any atom is 0.139 e. The first kappa shape index (κ1) is 14.6. The summed E-state index contributed by atoms with van der Waals surface area (Å²) in [6.45, 7) is 2.43. The van der Waals surface area contributed by atoms with E-state index < -0.39 is 0 Å². The molecule has 4 aliphatic carbocycles. The van der Waals surface area contributed by atoms with Crippen molar-refractivity contribution in [2.75, 3.05) is 6.61 Å². The molecule has 0 aromatic carbocycles. The standard InChI is InChI=1S/C19H27NO2/c1-18-8-7-16-14(15(18)4-5-17(18)22)3-2-12-10-13(20)6-9-19(12,16)11-21/h10,14-16,20-21H,2-9,11H2,1H3/t14?,15?,16?,18-,19+/m0/s1. The highest BCUT2D eigenvalue weighted by Crippen LogP contribution is 2.64. The molecule has 3 saturated carbocycles. The Morgan fingerprint density at radius 2 is 2.00 bits per heavy atom. The van der Waals surface area contributed by atoms with Crippen LogP contribution in [0.1, 0.15) is 58.3 Å². The SMILES string of the molecule is C[C@]12CCC3C(CCC4=CC(=N)CC[C@@]43CO)C1CCC2=O. The average Bonchev–Trinajstić information content (AvgIpc) is 2.82. The van der Waals surface area contributed by atoms with Gasteiger partial charge < -0.3 is 10.5 Å². The Morgan fingerprint density at radius 3 is 2.77 bits per heavy atom. The van der Waals surface area contributed by atoms with E-state index in [-0.39, 0.29) is 17.4 Å². The second kappa shape index (κ2) is 4.77. The molecule has 0 aromatic heterocycles. The number of rotatable bonds is 1. The van der Waals surface area contributed by atoms with Gasteiger partial charge in [-0.3, -0.25) is 4.79 Å². The summed E-state index contributed by atoms with van der Waals surface area (Å²) in [5.41, 5.74) is 1.90. The Labute approximate surface area is 132 Å². The van der Waals surface area contributed by atoms with Gasteiger partial charge in [-0.15, -0.1) is 0 Å². The van der Waals surface area contributed by atoms with Crippen LogP contribution in [0.25, 0.3) is 0 Å². The van der Waals surface area contributed by atoms with E-state index in [1.807, 2.05) is 0 Å². The topological polar surface area (TPSA) is 61.1 Å². The van der Waals surface area contributed by atoms with Gasteiger partial charge in [-0.2, -0.15) is 0 Å². The molecule has 0 amide bonds. The molecular formula is C19H27NO2. The van der Waals surface area contributed by atoms with Gasteiger partial charge in [0.25, 0.3) is 0 Å². The Morgan fingerprint density at radius 1 is 1.18 bits per heavy atom. The van der Waals surface area contributed by atoms with Crippen LogP contribution < -0.4 is 0 Å². The molecule has 0 aliphatic heterocycles. The highest BCUT2D eigenvalue weighted by atomic mass is 16.3. The van der Waals surface area contributed by atoms with Gasteiger partial charge in [0, 0.05) is 23.0 Å². The molecule has 3 heteroatoms. The average molecular weight is 301 g/mol. The van der Waals surface area contributed by atoms with Crippen molar-refractivity contribution in [2.24, 2.45) is 28.6 Å². The second-order valence-corrected chi connectivity index (χ2v) is 8.34. The fraction of sp³-hybridized carbons (Fsp3) is 0.789. The number of aliphatic hydroxyl groups is 1. The fourth-order valence-electron chi connectivity index (χ4n) is 6.46. The van der Waals surface area contributed by atoms with Crippen molar-refractivity contribution in [2.45, 2.75) is 58.3 Å². The quantitative estimate of drug-likeness (QED) is 0.778. The molecule has 4 rings (SSSR count). The zero-order valence-electron chi connectivity index (χ0n) is 13.5. The predicted octanol–water partition coefficient (Wildman–Crippen LogP) is 3.51. The van der Waals surface area contributed by atoms with Crippen molar-refractivity contribution in [3.63, 3.8) is 0 Å². The molecule has 3 nitrogen and oxygen atoms in total. The van der Waals surface area contributed by atoms with Crippen LogP contribution in [0.3, 0.4) is 0 Å². The lowest BCUT2D eigenvalue weighted by Crippen LogP contribution is -2.53. The van der Waals surface area contributed by atoms with E-state index in [2.05, 4.69) is 13.0 Å². The Hall–Kier alpha value is -0.960. The fourth-order valence-corrected chi connectivity index (χ4v) is 6.46. The van der Waals surface area contributed by atoms with Gasteiger partial charge in [0.15, 0.2) is 0 Å². The summed E-state index contributed by atoms with van der Waals surface area (Å²) in [5.74, 6) is 2.14. The van der Waals surface area contributed by atoms with E-state index >= 15 is 0 Å². The second-order valence-electron chi connectivity index (χ2n) is 8.34. The molecule has 0 radical (unpaired) electrons. The Kier molecular flexibility index (Phi) is 3.17. The van der Waals surface area contributed by atoms with Crippen LogP contribution in [0, 0.1) is 34.0 Å². The summed E-state index contributed by atoms with van der Waals surface area (Å²) in [7, 11) is 0. The predicted molar refractivity (Wildman–Crippen MR) is 85.8 cm³/mol. The zero-order chi connectivity index (χ0) is 15.5. The normalized spacial score (nSPS) is 47.5. The molecule has 3 unspecified atom stereocenters. The van der Waals surface area contributed by atoms with Crippen LogP contribution in [0.15, 0.2) is 11.6 Å². The number of ketones is 1. The molecule has 22 heavy (non-hydrogen) atoms. The lowest BCUT2D eigenvalue weighted by atomic mass is 9.47. The third-order valence-electron chi connectivity index (χ3n) is 7.71. The first-order valence-corrected chi connectivity index (χ1v) is 8.94. The summed E-state index contributed by atoms with van der Waals surface area (Å²) >= 11 is 0. The van der Waals surface area contributed by atoms with Crippen LogP contribution in [0.4, 0.5) is 0 Å². The molecule has 3 fully saturated rings. The molecule has 0 bridgehead atoms. The third kappa shape index (κ3) is 1.72. The monoisotopic (exact) mass is 301 g/mol. The van der Waals surface area contributed by atoms with Crippen molar-refractivity contribution in [3.05, 3.63) is 11.6 Å². The number of carbonyl (C=O) groups is 1. The number of carbonyl (C=O) groups excluding carboxylic acids is 1. The largest absolute Gasteiger partial charge is 0.395 e. The zero-order valence-corrected chi connectivity index (χ0v) is 13.5. The Bertz CT molecular complexity index is 566. The minimum atomic E-state index is -0.0829. The minimum absolute atomic E-state index is 0.0829. The molecule has 2 N–H and O–H groups in total. The summed E-state index contributed by atoms with van der Waals surface area (Å²) in [6, 6.07) is 0. The van der Waals surface area contributed by atoms with E-state index in [9.17, 15) is 9.90 Å². The lowest BCUT2D eigenvalue weighted by Gasteiger charge is -2.57. The van der Waals surface area contributed by atoms with Crippen LogP contribution in [0.2, 0.25) is 0 Å². The first-order valence-electron chi connectivity index (χ1n) is 8.94. The smallest absolute Gasteiger partial charge is 0.139 e. The number of hydrogen-bond acceptors (Lipinski definition) is 3. The molecule has 0 spiro atoms. The minimum Gasteiger partial charge on any atom is -0.395 e. The van der Waals surface area contributed by atoms with Crippen LogP contribution in [0.5, 0.6) is 0 Å². The first-order chi connectivity index (χ1) is 10.5. The lowest BCUT2D eigenvalue weighted by molar-refractivity contribution is -0.133. The number of fused-ring (bicyclic) bond motifs is 5. The van der Waals surface area contributed by atoms with E-state index in [4.69, 9.17) is 5.41 Å². The van der Waals surface area contributed by atoms with Crippen LogP contribution >= 0.6 is 0 Å². The van der Waals surface area contributed by atoms with E-state index in [0.717, 1.165) is 57.1 Å². The van der Waals surface area contributed by atoms with Crippen molar-refractivity contribution >= 4 is 11.5 Å². The number of hydrogen-bond donors (Lipinski definition) is 2. The number of aliphatic hydroxyl groups excluding tert-OH is 1. The molecule has 0 saturated heterocycles. The van der Waals surface area contributed by atoms with Crippen molar-refractivity contribution in [1.29, 1.82) is 5.41 Å². The third-order valence-corrected chi connectivity index (χ3v) is 7.71. The number of allylic oxidation sites excluding steroid dienone is 1. The highest BCUT2D eigenvalue weighted by molar-refractivity contribution is 5.94. The summed E-state index contributed by atoms with van der Waals surface area (Å²) in [5, 5.41) is 18.3. The van der Waals surface area contributed by atoms with Gasteiger partial charge in [0.2, 0.25) is 0 Å². The van der Waals surface area contributed by atoms with Crippen LogP contribution in [-0.4, -0.2) is 23.2 Å². The van der Waals surface area contributed by atoms with E-state index in [0.29, 0.717) is 23.5 Å². The van der Waals surface area contributed by atoms with E-state index in [1.54, 1.807) is 0 Å². The molecule has 4 aliphatic rings. The van der Waals surface area contributed by atoms with Crippen molar-refractivity contribution in [3.8, 4) is 0 Å². The van der Waals surface area contributed by atoms with Crippen molar-refractivity contribution < 1.29 is 9.90 Å². The summed E-state index contributed by atoms with van der Waals surface area (Å²) < 4.78 is 0. The van der Waals surface area contributed by atoms with E-state index in [1.165, 1.54) is 5.57 Å². The maximum atomic E-state index is 12.4. The highest BCUT2D eigenvalue weighted by Gasteiger charge is 2.59.